The third-order valence-electron chi connectivity index (χ3n) is 5.60. The molecule has 0 unspecified atom stereocenters. The summed E-state index contributed by atoms with van der Waals surface area (Å²) in [7, 11) is 0. The molecule has 2 aliphatic rings. The molecule has 1 aromatic carbocycles. The minimum atomic E-state index is -0.260. The van der Waals surface area contributed by atoms with Crippen molar-refractivity contribution in [2.45, 2.75) is 57.0 Å². The highest BCUT2D eigenvalue weighted by Gasteiger charge is 2.34. The minimum Gasteiger partial charge on any atom is -0.391 e. The van der Waals surface area contributed by atoms with Crippen molar-refractivity contribution in [1.82, 2.24) is 10.2 Å². The largest absolute Gasteiger partial charge is 0.391 e. The van der Waals surface area contributed by atoms with E-state index in [0.717, 1.165) is 38.3 Å². The first-order chi connectivity index (χ1) is 12.1. The lowest BCUT2D eigenvalue weighted by atomic mass is 9.69. The second-order valence-corrected chi connectivity index (χ2v) is 7.41. The van der Waals surface area contributed by atoms with E-state index in [1.807, 2.05) is 12.1 Å². The molecule has 138 valence electrons. The first kappa shape index (κ1) is 18.2. The van der Waals surface area contributed by atoms with E-state index in [1.54, 1.807) is 12.1 Å². The van der Waals surface area contributed by atoms with Crippen LogP contribution >= 0.6 is 0 Å². The molecular weight excluding hydrogens is 317 g/mol. The van der Waals surface area contributed by atoms with Crippen LogP contribution < -0.4 is 5.32 Å². The number of aliphatic hydroxyl groups excluding tert-OH is 1. The van der Waals surface area contributed by atoms with Gasteiger partial charge in [-0.05, 0) is 43.9 Å². The second-order valence-electron chi connectivity index (χ2n) is 7.41. The van der Waals surface area contributed by atoms with Gasteiger partial charge in [-0.25, -0.2) is 4.39 Å². The van der Waals surface area contributed by atoms with Gasteiger partial charge in [0.05, 0.1) is 12.6 Å². The Morgan fingerprint density at radius 3 is 2.60 bits per heavy atom. The van der Waals surface area contributed by atoms with E-state index >= 15 is 0 Å². The van der Waals surface area contributed by atoms with Crippen LogP contribution in [0.4, 0.5) is 4.39 Å². The van der Waals surface area contributed by atoms with Crippen LogP contribution in [0.25, 0.3) is 0 Å². The molecule has 1 saturated carbocycles. The number of benzene rings is 1. The molecule has 4 nitrogen and oxygen atoms in total. The molecule has 0 radical (unpaired) electrons. The van der Waals surface area contributed by atoms with E-state index in [-0.39, 0.29) is 17.3 Å². The van der Waals surface area contributed by atoms with Crippen molar-refractivity contribution in [1.29, 1.82) is 0 Å². The van der Waals surface area contributed by atoms with Gasteiger partial charge in [0, 0.05) is 25.0 Å². The van der Waals surface area contributed by atoms with E-state index in [0.29, 0.717) is 13.1 Å². The third kappa shape index (κ3) is 4.32. The molecule has 25 heavy (non-hydrogen) atoms. The SMILES string of the molecule is CCNC(=NCC1(c2ccc(F)cc2)CCCCC1)N1CC[C@@H](O)C1. The Hall–Kier alpha value is -1.62. The number of likely N-dealkylation sites (tertiary alicyclic amines) is 1. The molecule has 1 aliphatic carbocycles. The molecule has 1 aliphatic heterocycles. The van der Waals surface area contributed by atoms with Crippen molar-refractivity contribution in [3.8, 4) is 0 Å². The zero-order chi connectivity index (χ0) is 17.7. The molecule has 5 heteroatoms. The van der Waals surface area contributed by atoms with Crippen LogP contribution in [0.2, 0.25) is 0 Å². The maximum atomic E-state index is 13.4. The Kier molecular flexibility index (Phi) is 5.94. The van der Waals surface area contributed by atoms with Crippen LogP contribution in [0, 0.1) is 5.82 Å². The molecule has 0 bridgehead atoms. The van der Waals surface area contributed by atoms with Crippen LogP contribution in [0.3, 0.4) is 0 Å². The van der Waals surface area contributed by atoms with Crippen molar-refractivity contribution >= 4 is 5.96 Å². The molecule has 1 saturated heterocycles. The number of nitrogens with one attached hydrogen (secondary N) is 1. The fraction of sp³-hybridized carbons (Fsp3) is 0.650. The van der Waals surface area contributed by atoms with Gasteiger partial charge < -0.3 is 15.3 Å². The average Bonchev–Trinajstić information content (AvgIpc) is 3.06. The van der Waals surface area contributed by atoms with E-state index in [1.165, 1.54) is 24.8 Å². The quantitative estimate of drug-likeness (QED) is 0.650. The Labute approximate surface area is 150 Å². The number of nitrogens with zero attached hydrogens (tertiary/aromatic N) is 2. The Morgan fingerprint density at radius 1 is 1.28 bits per heavy atom. The number of rotatable bonds is 4. The Morgan fingerprint density at radius 2 is 2.00 bits per heavy atom. The second kappa shape index (κ2) is 8.17. The van der Waals surface area contributed by atoms with Gasteiger partial charge in [0.1, 0.15) is 5.82 Å². The van der Waals surface area contributed by atoms with Gasteiger partial charge in [-0.3, -0.25) is 4.99 Å². The molecule has 0 spiro atoms. The molecule has 1 atom stereocenters. The molecule has 0 amide bonds. The Balaban J connectivity index is 1.82. The lowest BCUT2D eigenvalue weighted by Gasteiger charge is -2.37. The van der Waals surface area contributed by atoms with Crippen LogP contribution in [0.5, 0.6) is 0 Å². The zero-order valence-corrected chi connectivity index (χ0v) is 15.2. The smallest absolute Gasteiger partial charge is 0.194 e. The summed E-state index contributed by atoms with van der Waals surface area (Å²) in [5.41, 5.74) is 1.21. The fourth-order valence-corrected chi connectivity index (χ4v) is 4.16. The van der Waals surface area contributed by atoms with Gasteiger partial charge in [0.25, 0.3) is 0 Å². The van der Waals surface area contributed by atoms with Gasteiger partial charge in [0.2, 0.25) is 0 Å². The molecule has 2 fully saturated rings. The summed E-state index contributed by atoms with van der Waals surface area (Å²) in [5, 5.41) is 13.2. The van der Waals surface area contributed by atoms with Gasteiger partial charge >= 0.3 is 0 Å². The van der Waals surface area contributed by atoms with E-state index in [4.69, 9.17) is 4.99 Å². The number of guanidine groups is 1. The highest BCUT2D eigenvalue weighted by Crippen LogP contribution is 2.40. The molecule has 1 aromatic rings. The maximum absolute atomic E-state index is 13.4. The molecule has 0 aromatic heterocycles. The number of hydrogen-bond acceptors (Lipinski definition) is 2. The lowest BCUT2D eigenvalue weighted by molar-refractivity contribution is 0.187. The monoisotopic (exact) mass is 347 g/mol. The first-order valence-corrected chi connectivity index (χ1v) is 9.60. The van der Waals surface area contributed by atoms with Crippen molar-refractivity contribution in [2.75, 3.05) is 26.2 Å². The lowest BCUT2D eigenvalue weighted by Crippen LogP contribution is -2.42. The highest BCUT2D eigenvalue weighted by molar-refractivity contribution is 5.80. The van der Waals surface area contributed by atoms with Crippen LogP contribution in [-0.2, 0) is 5.41 Å². The van der Waals surface area contributed by atoms with Crippen molar-refractivity contribution in [2.24, 2.45) is 4.99 Å². The van der Waals surface area contributed by atoms with Crippen LogP contribution in [0.15, 0.2) is 29.3 Å². The topological polar surface area (TPSA) is 47.9 Å². The normalized spacial score (nSPS) is 23.7. The molecule has 3 rings (SSSR count). The number of β-amino-alcohol motifs (C(OH)–C–C–N with tert-alkyl or cyclic N) is 1. The summed E-state index contributed by atoms with van der Waals surface area (Å²) >= 11 is 0. The van der Waals surface area contributed by atoms with Crippen molar-refractivity contribution in [3.05, 3.63) is 35.6 Å². The fourth-order valence-electron chi connectivity index (χ4n) is 4.16. The van der Waals surface area contributed by atoms with Crippen LogP contribution in [0.1, 0.15) is 51.0 Å². The van der Waals surface area contributed by atoms with Crippen molar-refractivity contribution in [3.63, 3.8) is 0 Å². The minimum absolute atomic E-state index is 0.00492. The summed E-state index contributed by atoms with van der Waals surface area (Å²) in [6.45, 7) is 5.09. The maximum Gasteiger partial charge on any atom is 0.194 e. The van der Waals surface area contributed by atoms with E-state index in [9.17, 15) is 9.50 Å². The summed E-state index contributed by atoms with van der Waals surface area (Å²) in [6.07, 6.45) is 6.41. The van der Waals surface area contributed by atoms with Gasteiger partial charge in [0.15, 0.2) is 5.96 Å². The predicted molar refractivity (Wildman–Crippen MR) is 99.3 cm³/mol. The zero-order valence-electron chi connectivity index (χ0n) is 15.2. The Bertz CT molecular complexity index is 581. The number of aliphatic hydroxyl groups is 1. The average molecular weight is 347 g/mol. The standard InChI is InChI=1S/C20H30FN3O/c1-2-22-19(24-13-10-18(25)14-24)23-15-20(11-4-3-5-12-20)16-6-8-17(21)9-7-16/h6-9,18,25H,2-5,10-15H2,1H3,(H,22,23)/t18-/m1/s1. The van der Waals surface area contributed by atoms with Gasteiger partial charge in [-0.1, -0.05) is 31.4 Å². The third-order valence-corrected chi connectivity index (χ3v) is 5.60. The highest BCUT2D eigenvalue weighted by atomic mass is 19.1. The van der Waals surface area contributed by atoms with E-state index in [2.05, 4.69) is 17.1 Å². The van der Waals surface area contributed by atoms with Gasteiger partial charge in [-0.15, -0.1) is 0 Å². The van der Waals surface area contributed by atoms with Crippen molar-refractivity contribution < 1.29 is 9.50 Å². The summed E-state index contributed by atoms with van der Waals surface area (Å²) in [4.78, 5) is 7.10. The van der Waals surface area contributed by atoms with Crippen LogP contribution in [-0.4, -0.2) is 48.2 Å². The summed E-state index contributed by atoms with van der Waals surface area (Å²) in [6, 6.07) is 7.00. The van der Waals surface area contributed by atoms with Gasteiger partial charge in [-0.2, -0.15) is 0 Å². The first-order valence-electron chi connectivity index (χ1n) is 9.60. The summed E-state index contributed by atoms with van der Waals surface area (Å²) < 4.78 is 13.4. The number of halogens is 1. The molecule has 1 heterocycles. The molecular formula is C20H30FN3O. The number of aliphatic imine (C=N–C) groups is 1. The number of hydrogen-bond donors (Lipinski definition) is 2. The summed E-state index contributed by atoms with van der Waals surface area (Å²) in [5.74, 6) is 0.712. The predicted octanol–water partition coefficient (Wildman–Crippen LogP) is 3.06. The molecule has 2 N–H and O–H groups in total. The van der Waals surface area contributed by atoms with E-state index < -0.39 is 0 Å².